The standard InChI is InChI=1S/C21H16ClN3OS/c22-17-9-5-16(6-10-17)14-26-18-11-7-15(8-12-18)13-23-25-21-24-19-3-1-2-4-20(19)27-21/h1-13H,14H2,(H,24,25). The van der Waals surface area contributed by atoms with Crippen LogP contribution >= 0.6 is 22.9 Å². The predicted molar refractivity (Wildman–Crippen MR) is 113 cm³/mol. The van der Waals surface area contributed by atoms with Crippen molar-refractivity contribution in [1.29, 1.82) is 0 Å². The number of aromatic nitrogens is 1. The van der Waals surface area contributed by atoms with Gasteiger partial charge < -0.3 is 4.74 Å². The van der Waals surface area contributed by atoms with Gasteiger partial charge in [-0.3, -0.25) is 5.43 Å². The van der Waals surface area contributed by atoms with Gasteiger partial charge in [-0.25, -0.2) is 4.98 Å². The van der Waals surface area contributed by atoms with Crippen molar-refractivity contribution in [3.05, 3.63) is 88.9 Å². The van der Waals surface area contributed by atoms with E-state index in [-0.39, 0.29) is 0 Å². The smallest absolute Gasteiger partial charge is 0.204 e. The van der Waals surface area contributed by atoms with Gasteiger partial charge >= 0.3 is 0 Å². The normalized spacial score (nSPS) is 11.1. The number of halogens is 1. The molecule has 0 aliphatic rings. The first-order valence-electron chi connectivity index (χ1n) is 8.38. The molecule has 0 saturated heterocycles. The summed E-state index contributed by atoms with van der Waals surface area (Å²) in [7, 11) is 0. The summed E-state index contributed by atoms with van der Waals surface area (Å²) in [6.45, 7) is 0.504. The first-order chi connectivity index (χ1) is 13.3. The molecule has 3 aromatic carbocycles. The molecule has 0 spiro atoms. The summed E-state index contributed by atoms with van der Waals surface area (Å²) < 4.78 is 6.92. The molecule has 4 aromatic rings. The number of rotatable bonds is 6. The van der Waals surface area contributed by atoms with Crippen molar-refractivity contribution in [3.63, 3.8) is 0 Å². The number of thiazole rings is 1. The lowest BCUT2D eigenvalue weighted by Gasteiger charge is -2.06. The lowest BCUT2D eigenvalue weighted by molar-refractivity contribution is 0.306. The average molecular weight is 394 g/mol. The monoisotopic (exact) mass is 393 g/mol. The summed E-state index contributed by atoms with van der Waals surface area (Å²) in [5, 5.41) is 5.76. The van der Waals surface area contributed by atoms with Crippen LogP contribution in [0.2, 0.25) is 5.02 Å². The van der Waals surface area contributed by atoms with Gasteiger partial charge in [0.05, 0.1) is 16.4 Å². The second kappa shape index (κ2) is 8.20. The minimum atomic E-state index is 0.504. The quantitative estimate of drug-likeness (QED) is 0.324. The zero-order chi connectivity index (χ0) is 18.5. The van der Waals surface area contributed by atoms with Crippen LogP contribution in [0.1, 0.15) is 11.1 Å². The van der Waals surface area contributed by atoms with E-state index in [1.807, 2.05) is 72.8 Å². The largest absolute Gasteiger partial charge is 0.489 e. The highest BCUT2D eigenvalue weighted by Gasteiger charge is 2.01. The maximum atomic E-state index is 5.89. The molecular weight excluding hydrogens is 378 g/mol. The summed E-state index contributed by atoms with van der Waals surface area (Å²) in [4.78, 5) is 4.48. The number of nitrogens with one attached hydrogen (secondary N) is 1. The van der Waals surface area contributed by atoms with Crippen molar-refractivity contribution in [3.8, 4) is 5.75 Å². The average Bonchev–Trinajstić information content (AvgIpc) is 3.11. The second-order valence-corrected chi connectivity index (χ2v) is 7.31. The molecule has 0 aliphatic heterocycles. The highest BCUT2D eigenvalue weighted by atomic mass is 35.5. The van der Waals surface area contributed by atoms with Crippen molar-refractivity contribution in [2.45, 2.75) is 6.61 Å². The van der Waals surface area contributed by atoms with Gasteiger partial charge in [-0.05, 0) is 59.7 Å². The summed E-state index contributed by atoms with van der Waals surface area (Å²) >= 11 is 7.46. The van der Waals surface area contributed by atoms with Crippen LogP contribution in [0.25, 0.3) is 10.2 Å². The Morgan fingerprint density at radius 2 is 1.78 bits per heavy atom. The molecule has 4 nitrogen and oxygen atoms in total. The van der Waals surface area contributed by atoms with E-state index in [4.69, 9.17) is 16.3 Å². The predicted octanol–water partition coefficient (Wildman–Crippen LogP) is 5.97. The van der Waals surface area contributed by atoms with Gasteiger partial charge in [-0.1, -0.05) is 47.2 Å². The van der Waals surface area contributed by atoms with Gasteiger partial charge in [-0.2, -0.15) is 5.10 Å². The van der Waals surface area contributed by atoms with Gasteiger partial charge in [0.2, 0.25) is 5.13 Å². The molecule has 6 heteroatoms. The van der Waals surface area contributed by atoms with E-state index in [1.54, 1.807) is 17.6 Å². The number of nitrogens with zero attached hydrogens (tertiary/aromatic N) is 2. The van der Waals surface area contributed by atoms with Crippen molar-refractivity contribution in [2.75, 3.05) is 5.43 Å². The Kier molecular flexibility index (Phi) is 5.32. The van der Waals surface area contributed by atoms with Crippen molar-refractivity contribution >= 4 is 44.5 Å². The number of ether oxygens (including phenoxy) is 1. The molecule has 0 radical (unpaired) electrons. The molecule has 1 N–H and O–H groups in total. The zero-order valence-corrected chi connectivity index (χ0v) is 15.9. The maximum Gasteiger partial charge on any atom is 0.204 e. The molecule has 0 atom stereocenters. The Bertz CT molecular complexity index is 1030. The van der Waals surface area contributed by atoms with Gasteiger partial charge in [0.1, 0.15) is 12.4 Å². The summed E-state index contributed by atoms with van der Waals surface area (Å²) in [5.74, 6) is 0.807. The van der Waals surface area contributed by atoms with E-state index in [2.05, 4.69) is 15.5 Å². The molecular formula is C21H16ClN3OS. The van der Waals surface area contributed by atoms with Crippen LogP contribution in [-0.4, -0.2) is 11.2 Å². The molecule has 0 saturated carbocycles. The van der Waals surface area contributed by atoms with Gasteiger partial charge in [0.25, 0.3) is 0 Å². The fourth-order valence-electron chi connectivity index (χ4n) is 2.48. The van der Waals surface area contributed by atoms with E-state index in [0.29, 0.717) is 6.61 Å². The number of hydrogen-bond donors (Lipinski definition) is 1. The number of hydrogen-bond acceptors (Lipinski definition) is 5. The Morgan fingerprint density at radius 3 is 2.56 bits per heavy atom. The molecule has 0 aliphatic carbocycles. The Balaban J connectivity index is 1.33. The number of anilines is 1. The third kappa shape index (κ3) is 4.64. The fraction of sp³-hybridized carbons (Fsp3) is 0.0476. The molecule has 0 fully saturated rings. The minimum absolute atomic E-state index is 0.504. The summed E-state index contributed by atoms with van der Waals surface area (Å²) in [5.41, 5.74) is 6.01. The number of hydrazone groups is 1. The van der Waals surface area contributed by atoms with E-state index in [9.17, 15) is 0 Å². The molecule has 1 aromatic heterocycles. The van der Waals surface area contributed by atoms with Crippen LogP contribution in [0.4, 0.5) is 5.13 Å². The van der Waals surface area contributed by atoms with E-state index in [1.165, 1.54) is 0 Å². The van der Waals surface area contributed by atoms with E-state index < -0.39 is 0 Å². The zero-order valence-electron chi connectivity index (χ0n) is 14.3. The molecule has 0 unspecified atom stereocenters. The molecule has 0 amide bonds. The summed E-state index contributed by atoms with van der Waals surface area (Å²) in [6, 6.07) is 23.4. The highest BCUT2D eigenvalue weighted by Crippen LogP contribution is 2.25. The number of fused-ring (bicyclic) bond motifs is 1. The first kappa shape index (κ1) is 17.5. The maximum absolute atomic E-state index is 5.89. The van der Waals surface area contributed by atoms with Crippen LogP contribution < -0.4 is 10.2 Å². The van der Waals surface area contributed by atoms with Gasteiger partial charge in [-0.15, -0.1) is 0 Å². The van der Waals surface area contributed by atoms with Crippen molar-refractivity contribution < 1.29 is 4.74 Å². The first-order valence-corrected chi connectivity index (χ1v) is 9.58. The third-order valence-corrected chi connectivity index (χ3v) is 5.06. The number of benzene rings is 3. The van der Waals surface area contributed by atoms with Crippen molar-refractivity contribution in [2.24, 2.45) is 5.10 Å². The number of para-hydroxylation sites is 1. The molecule has 134 valence electrons. The lowest BCUT2D eigenvalue weighted by atomic mass is 10.2. The lowest BCUT2D eigenvalue weighted by Crippen LogP contribution is -1.95. The summed E-state index contributed by atoms with van der Waals surface area (Å²) in [6.07, 6.45) is 1.76. The fourth-order valence-corrected chi connectivity index (χ4v) is 3.42. The topological polar surface area (TPSA) is 46.5 Å². The molecule has 4 rings (SSSR count). The highest BCUT2D eigenvalue weighted by molar-refractivity contribution is 7.22. The van der Waals surface area contributed by atoms with Crippen LogP contribution in [0, 0.1) is 0 Å². The van der Waals surface area contributed by atoms with Crippen LogP contribution in [0.5, 0.6) is 5.75 Å². The third-order valence-electron chi connectivity index (χ3n) is 3.87. The van der Waals surface area contributed by atoms with Crippen LogP contribution in [0.15, 0.2) is 77.9 Å². The molecule has 1 heterocycles. The SMILES string of the molecule is Clc1ccc(COc2ccc(C=NNc3nc4ccccc4s3)cc2)cc1. The van der Waals surface area contributed by atoms with Gasteiger partial charge in [0, 0.05) is 5.02 Å². The Morgan fingerprint density at radius 1 is 1.00 bits per heavy atom. The molecule has 0 bridgehead atoms. The van der Waals surface area contributed by atoms with Gasteiger partial charge in [0.15, 0.2) is 0 Å². The minimum Gasteiger partial charge on any atom is -0.489 e. The molecule has 27 heavy (non-hydrogen) atoms. The van der Waals surface area contributed by atoms with Crippen LogP contribution in [0.3, 0.4) is 0 Å². The van der Waals surface area contributed by atoms with Crippen LogP contribution in [-0.2, 0) is 6.61 Å². The Hall–Kier alpha value is -2.89. The van der Waals surface area contributed by atoms with E-state index in [0.717, 1.165) is 37.2 Å². The Labute approximate surface area is 166 Å². The van der Waals surface area contributed by atoms with E-state index >= 15 is 0 Å². The van der Waals surface area contributed by atoms with Crippen molar-refractivity contribution in [1.82, 2.24) is 4.98 Å². The second-order valence-electron chi connectivity index (χ2n) is 5.84.